The minimum absolute atomic E-state index is 0.147. The molecule has 1 aromatic carbocycles. The van der Waals surface area contributed by atoms with Crippen LogP contribution in [0.3, 0.4) is 0 Å². The summed E-state index contributed by atoms with van der Waals surface area (Å²) in [5, 5.41) is 11.0. The molecule has 4 nitrogen and oxygen atoms in total. The van der Waals surface area contributed by atoms with Gasteiger partial charge in [0.1, 0.15) is 0 Å². The molecule has 1 rings (SSSR count). The van der Waals surface area contributed by atoms with E-state index < -0.39 is 0 Å². The molecule has 4 heteroatoms. The van der Waals surface area contributed by atoms with Gasteiger partial charge in [0.2, 0.25) is 0 Å². The first-order chi connectivity index (χ1) is 7.85. The van der Waals surface area contributed by atoms with Gasteiger partial charge in [0, 0.05) is 6.07 Å². The fourth-order valence-electron chi connectivity index (χ4n) is 1.58. The standard InChI is InChI=1S/C13H19NO3/c1-5-10-7-6-8-12(14(15)16)11(10)9-17-13(2,3)4/h6-8H,5,9H2,1-4H3. The van der Waals surface area contributed by atoms with Crippen LogP contribution >= 0.6 is 0 Å². The van der Waals surface area contributed by atoms with Crippen molar-refractivity contribution in [2.45, 2.75) is 46.3 Å². The molecular formula is C13H19NO3. The van der Waals surface area contributed by atoms with Crippen LogP contribution in [0.5, 0.6) is 0 Å². The van der Waals surface area contributed by atoms with E-state index in [0.29, 0.717) is 5.56 Å². The second kappa shape index (κ2) is 5.27. The van der Waals surface area contributed by atoms with E-state index in [1.54, 1.807) is 6.07 Å². The molecule has 0 heterocycles. The average Bonchev–Trinajstić information content (AvgIpc) is 2.24. The molecule has 0 aliphatic rings. The highest BCUT2D eigenvalue weighted by molar-refractivity contribution is 5.45. The lowest BCUT2D eigenvalue weighted by Crippen LogP contribution is -2.19. The van der Waals surface area contributed by atoms with Gasteiger partial charge in [0.25, 0.3) is 5.69 Å². The largest absolute Gasteiger partial charge is 0.371 e. The average molecular weight is 237 g/mol. The summed E-state index contributed by atoms with van der Waals surface area (Å²) >= 11 is 0. The van der Waals surface area contributed by atoms with Crippen molar-refractivity contribution in [2.75, 3.05) is 0 Å². The van der Waals surface area contributed by atoms with Crippen LogP contribution in [-0.4, -0.2) is 10.5 Å². The van der Waals surface area contributed by atoms with Crippen molar-refractivity contribution < 1.29 is 9.66 Å². The molecule has 0 aliphatic heterocycles. The molecule has 0 atom stereocenters. The Labute approximate surface area is 102 Å². The highest BCUT2D eigenvalue weighted by Crippen LogP contribution is 2.25. The molecule has 0 saturated carbocycles. The number of nitro benzene ring substituents is 1. The number of benzene rings is 1. The van der Waals surface area contributed by atoms with Crippen LogP contribution in [0.15, 0.2) is 18.2 Å². The number of ether oxygens (including phenoxy) is 1. The van der Waals surface area contributed by atoms with Crippen LogP contribution in [0, 0.1) is 10.1 Å². The molecule has 0 amide bonds. The Kier molecular flexibility index (Phi) is 4.23. The molecule has 94 valence electrons. The summed E-state index contributed by atoms with van der Waals surface area (Å²) in [4.78, 5) is 10.6. The third-order valence-corrected chi connectivity index (χ3v) is 2.48. The fourth-order valence-corrected chi connectivity index (χ4v) is 1.58. The lowest BCUT2D eigenvalue weighted by Gasteiger charge is -2.20. The minimum atomic E-state index is -0.347. The van der Waals surface area contributed by atoms with Gasteiger partial charge in [-0.3, -0.25) is 10.1 Å². The highest BCUT2D eigenvalue weighted by atomic mass is 16.6. The Hall–Kier alpha value is -1.42. The predicted octanol–water partition coefficient (Wildman–Crippen LogP) is 3.47. The van der Waals surface area contributed by atoms with Crippen LogP contribution in [0.4, 0.5) is 5.69 Å². The molecular weight excluding hydrogens is 218 g/mol. The van der Waals surface area contributed by atoms with Crippen molar-refractivity contribution in [3.05, 3.63) is 39.4 Å². The van der Waals surface area contributed by atoms with Gasteiger partial charge in [-0.1, -0.05) is 19.1 Å². The molecule has 0 aromatic heterocycles. The van der Waals surface area contributed by atoms with Gasteiger partial charge in [-0.05, 0) is 32.8 Å². The van der Waals surface area contributed by atoms with Crippen LogP contribution in [0.25, 0.3) is 0 Å². The monoisotopic (exact) mass is 237 g/mol. The van der Waals surface area contributed by atoms with Gasteiger partial charge in [-0.25, -0.2) is 0 Å². The summed E-state index contributed by atoms with van der Waals surface area (Å²) in [6.45, 7) is 8.08. The van der Waals surface area contributed by atoms with Crippen molar-refractivity contribution >= 4 is 5.69 Å². The van der Waals surface area contributed by atoms with Crippen molar-refractivity contribution in [3.63, 3.8) is 0 Å². The molecule has 0 unspecified atom stereocenters. The van der Waals surface area contributed by atoms with Crippen molar-refractivity contribution in [3.8, 4) is 0 Å². The van der Waals surface area contributed by atoms with Crippen LogP contribution in [-0.2, 0) is 17.8 Å². The zero-order chi connectivity index (χ0) is 13.1. The van der Waals surface area contributed by atoms with Crippen molar-refractivity contribution in [1.29, 1.82) is 0 Å². The van der Waals surface area contributed by atoms with E-state index in [2.05, 4.69) is 0 Å². The van der Waals surface area contributed by atoms with Crippen LogP contribution < -0.4 is 0 Å². The van der Waals surface area contributed by atoms with Gasteiger partial charge in [0.05, 0.1) is 22.7 Å². The summed E-state index contributed by atoms with van der Waals surface area (Å²) in [5.74, 6) is 0. The van der Waals surface area contributed by atoms with Gasteiger partial charge in [0.15, 0.2) is 0 Å². The first-order valence-electron chi connectivity index (χ1n) is 5.74. The van der Waals surface area contributed by atoms with Crippen molar-refractivity contribution in [1.82, 2.24) is 0 Å². The molecule has 1 aromatic rings. The molecule has 0 N–H and O–H groups in total. The zero-order valence-electron chi connectivity index (χ0n) is 10.8. The zero-order valence-corrected chi connectivity index (χ0v) is 10.8. The topological polar surface area (TPSA) is 52.4 Å². The van der Waals surface area contributed by atoms with E-state index in [0.717, 1.165) is 12.0 Å². The Morgan fingerprint density at radius 2 is 2.00 bits per heavy atom. The number of rotatable bonds is 4. The van der Waals surface area contributed by atoms with E-state index in [-0.39, 0.29) is 22.8 Å². The van der Waals surface area contributed by atoms with Crippen LogP contribution in [0.1, 0.15) is 38.8 Å². The molecule has 17 heavy (non-hydrogen) atoms. The molecule has 0 spiro atoms. The van der Waals surface area contributed by atoms with Gasteiger partial charge in [-0.2, -0.15) is 0 Å². The Balaban J connectivity index is 3.05. The Bertz CT molecular complexity index is 408. The van der Waals surface area contributed by atoms with Gasteiger partial charge < -0.3 is 4.74 Å². The maximum absolute atomic E-state index is 11.0. The highest BCUT2D eigenvalue weighted by Gasteiger charge is 2.19. The van der Waals surface area contributed by atoms with Crippen LogP contribution in [0.2, 0.25) is 0 Å². The third-order valence-electron chi connectivity index (χ3n) is 2.48. The van der Waals surface area contributed by atoms with Gasteiger partial charge >= 0.3 is 0 Å². The predicted molar refractivity (Wildman–Crippen MR) is 67.0 cm³/mol. The summed E-state index contributed by atoms with van der Waals surface area (Å²) < 4.78 is 5.64. The molecule has 0 fully saturated rings. The third kappa shape index (κ3) is 3.82. The van der Waals surface area contributed by atoms with Gasteiger partial charge in [-0.15, -0.1) is 0 Å². The van der Waals surface area contributed by atoms with Crippen molar-refractivity contribution in [2.24, 2.45) is 0 Å². The normalized spacial score (nSPS) is 11.5. The second-order valence-corrected chi connectivity index (χ2v) is 4.93. The van der Waals surface area contributed by atoms with E-state index in [1.165, 1.54) is 6.07 Å². The Morgan fingerprint density at radius 3 is 2.47 bits per heavy atom. The summed E-state index contributed by atoms with van der Waals surface area (Å²) in [5.41, 5.74) is 1.52. The quantitative estimate of drug-likeness (QED) is 0.595. The molecule has 0 radical (unpaired) electrons. The smallest absolute Gasteiger partial charge is 0.275 e. The van der Waals surface area contributed by atoms with E-state index in [1.807, 2.05) is 33.8 Å². The number of aryl methyl sites for hydroxylation is 1. The Morgan fingerprint density at radius 1 is 1.35 bits per heavy atom. The second-order valence-electron chi connectivity index (χ2n) is 4.93. The fraction of sp³-hybridized carbons (Fsp3) is 0.538. The maximum Gasteiger partial charge on any atom is 0.275 e. The molecule has 0 bridgehead atoms. The minimum Gasteiger partial charge on any atom is -0.371 e. The first kappa shape index (κ1) is 13.6. The summed E-state index contributed by atoms with van der Waals surface area (Å²) in [6, 6.07) is 5.16. The lowest BCUT2D eigenvalue weighted by molar-refractivity contribution is -0.386. The van der Waals surface area contributed by atoms with E-state index >= 15 is 0 Å². The summed E-state index contributed by atoms with van der Waals surface area (Å²) in [6.07, 6.45) is 0.768. The number of nitro groups is 1. The van der Waals surface area contributed by atoms with E-state index in [4.69, 9.17) is 4.74 Å². The number of hydrogen-bond acceptors (Lipinski definition) is 3. The molecule has 0 saturated heterocycles. The molecule has 0 aliphatic carbocycles. The summed E-state index contributed by atoms with van der Waals surface area (Å²) in [7, 11) is 0. The number of hydrogen-bond donors (Lipinski definition) is 0. The maximum atomic E-state index is 11.0. The SMILES string of the molecule is CCc1cccc([N+](=O)[O-])c1COC(C)(C)C. The number of nitrogens with zero attached hydrogens (tertiary/aromatic N) is 1. The van der Waals surface area contributed by atoms with E-state index in [9.17, 15) is 10.1 Å². The first-order valence-corrected chi connectivity index (χ1v) is 5.74. The lowest BCUT2D eigenvalue weighted by atomic mass is 10.0.